The fraction of sp³-hybridized carbons (Fsp3) is 0.111. The van der Waals surface area contributed by atoms with Crippen molar-refractivity contribution < 1.29 is 5.11 Å². The molecule has 0 fully saturated rings. The smallest absolute Gasteiger partial charge is 0.187 e. The van der Waals surface area contributed by atoms with Crippen LogP contribution in [-0.2, 0) is 0 Å². The predicted octanol–water partition coefficient (Wildman–Crippen LogP) is 2.82. The van der Waals surface area contributed by atoms with E-state index in [0.29, 0.717) is 9.63 Å². The zero-order valence-corrected chi connectivity index (χ0v) is 9.76. The third-order valence-electron chi connectivity index (χ3n) is 1.81. The van der Waals surface area contributed by atoms with E-state index in [-0.39, 0.29) is 5.75 Å². The number of fused-ring (bicyclic) bond motifs is 1. The maximum Gasteiger partial charge on any atom is 0.187 e. The fourth-order valence-electron chi connectivity index (χ4n) is 1.12. The van der Waals surface area contributed by atoms with Crippen molar-refractivity contribution in [1.82, 2.24) is 9.97 Å². The van der Waals surface area contributed by atoms with Crippen molar-refractivity contribution in [1.29, 1.82) is 0 Å². The third kappa shape index (κ3) is 1.69. The number of hydrogen-bond donors (Lipinski definition) is 1. The molecule has 0 aliphatic heterocycles. The third-order valence-corrected chi connectivity index (χ3v) is 3.01. The number of benzene rings is 1. The monoisotopic (exact) mass is 270 g/mol. The molecule has 1 aromatic heterocycles. The molecule has 0 saturated carbocycles. The molecule has 1 aromatic carbocycles. The Balaban J connectivity index is 2.70. The van der Waals surface area contributed by atoms with Crippen molar-refractivity contribution >= 4 is 38.6 Å². The highest BCUT2D eigenvalue weighted by Gasteiger charge is 2.03. The molecule has 5 heteroatoms. The van der Waals surface area contributed by atoms with Crippen LogP contribution in [0.5, 0.6) is 5.75 Å². The Morgan fingerprint density at radius 1 is 1.43 bits per heavy atom. The molecule has 0 aliphatic carbocycles. The summed E-state index contributed by atoms with van der Waals surface area (Å²) in [6.45, 7) is 0. The predicted molar refractivity (Wildman–Crippen MR) is 60.7 cm³/mol. The minimum absolute atomic E-state index is 0.197. The van der Waals surface area contributed by atoms with Gasteiger partial charge in [-0.15, -0.1) is 0 Å². The number of aromatic hydroxyl groups is 1. The summed E-state index contributed by atoms with van der Waals surface area (Å²) in [5.41, 5.74) is 0.755. The number of halogens is 1. The van der Waals surface area contributed by atoms with Gasteiger partial charge in [0.2, 0.25) is 0 Å². The molecule has 0 aliphatic rings. The first-order valence-corrected chi connectivity index (χ1v) is 5.92. The van der Waals surface area contributed by atoms with Gasteiger partial charge in [-0.25, -0.2) is 9.97 Å². The van der Waals surface area contributed by atoms with Gasteiger partial charge in [-0.05, 0) is 28.3 Å². The van der Waals surface area contributed by atoms with Crippen LogP contribution in [0.15, 0.2) is 28.0 Å². The van der Waals surface area contributed by atoms with Crippen molar-refractivity contribution in [3.63, 3.8) is 0 Å². The highest BCUT2D eigenvalue weighted by Crippen LogP contribution is 2.28. The van der Waals surface area contributed by atoms with E-state index < -0.39 is 0 Å². The number of phenolic OH excluding ortho intramolecular Hbond substituents is 1. The molecule has 0 amide bonds. The summed E-state index contributed by atoms with van der Waals surface area (Å²) in [7, 11) is 0. The number of aromatic nitrogens is 2. The molecule has 72 valence electrons. The Bertz CT molecular complexity index is 489. The maximum absolute atomic E-state index is 9.47. The van der Waals surface area contributed by atoms with E-state index in [1.807, 2.05) is 6.26 Å². The molecule has 3 nitrogen and oxygen atoms in total. The lowest BCUT2D eigenvalue weighted by Crippen LogP contribution is -1.86. The number of hydrogen-bond acceptors (Lipinski definition) is 4. The van der Waals surface area contributed by atoms with Gasteiger partial charge in [0, 0.05) is 17.6 Å². The first-order chi connectivity index (χ1) is 6.70. The molecule has 0 radical (unpaired) electrons. The lowest BCUT2D eigenvalue weighted by molar-refractivity contribution is 0.472. The highest BCUT2D eigenvalue weighted by atomic mass is 79.9. The van der Waals surface area contributed by atoms with Gasteiger partial charge < -0.3 is 5.11 Å². The Morgan fingerprint density at radius 2 is 2.21 bits per heavy atom. The van der Waals surface area contributed by atoms with Crippen molar-refractivity contribution in [2.75, 3.05) is 6.26 Å². The zero-order chi connectivity index (χ0) is 10.1. The number of nitrogens with zero attached hydrogens (tertiary/aromatic N) is 2. The molecular weight excluding hydrogens is 264 g/mol. The van der Waals surface area contributed by atoms with Gasteiger partial charge in [0.15, 0.2) is 5.16 Å². The maximum atomic E-state index is 9.47. The number of thioether (sulfide) groups is 1. The SMILES string of the molecule is CSc1ncc2cc(Br)c(O)cc2n1. The van der Waals surface area contributed by atoms with Crippen LogP contribution in [0.1, 0.15) is 0 Å². The summed E-state index contributed by atoms with van der Waals surface area (Å²) >= 11 is 4.72. The van der Waals surface area contributed by atoms with Crippen LogP contribution in [0, 0.1) is 0 Å². The van der Waals surface area contributed by atoms with E-state index in [2.05, 4.69) is 25.9 Å². The van der Waals surface area contributed by atoms with Gasteiger partial charge in [0.05, 0.1) is 9.99 Å². The molecule has 0 spiro atoms. The number of phenols is 1. The van der Waals surface area contributed by atoms with E-state index in [1.54, 1.807) is 18.3 Å². The fourth-order valence-corrected chi connectivity index (χ4v) is 1.83. The quantitative estimate of drug-likeness (QED) is 0.640. The van der Waals surface area contributed by atoms with Crippen LogP contribution < -0.4 is 0 Å². The second-order valence-electron chi connectivity index (χ2n) is 2.72. The van der Waals surface area contributed by atoms with Crippen molar-refractivity contribution in [2.24, 2.45) is 0 Å². The van der Waals surface area contributed by atoms with Crippen LogP contribution in [0.2, 0.25) is 0 Å². The molecule has 0 bridgehead atoms. The van der Waals surface area contributed by atoms with Crippen LogP contribution >= 0.6 is 27.7 Å². The van der Waals surface area contributed by atoms with E-state index in [1.165, 1.54) is 11.8 Å². The summed E-state index contributed by atoms with van der Waals surface area (Å²) in [5, 5.41) is 11.1. The normalized spacial score (nSPS) is 10.7. The summed E-state index contributed by atoms with van der Waals surface area (Å²) < 4.78 is 0.658. The standard InChI is InChI=1S/C9H7BrN2OS/c1-14-9-11-4-5-2-6(10)8(13)3-7(5)12-9/h2-4,13H,1H3. The van der Waals surface area contributed by atoms with Gasteiger partial charge in [0.25, 0.3) is 0 Å². The zero-order valence-electron chi connectivity index (χ0n) is 7.36. The van der Waals surface area contributed by atoms with E-state index in [0.717, 1.165) is 10.9 Å². The van der Waals surface area contributed by atoms with Crippen LogP contribution in [0.25, 0.3) is 10.9 Å². The van der Waals surface area contributed by atoms with E-state index in [9.17, 15) is 5.11 Å². The molecule has 0 unspecified atom stereocenters. The van der Waals surface area contributed by atoms with Crippen LogP contribution in [0.4, 0.5) is 0 Å². The van der Waals surface area contributed by atoms with Gasteiger partial charge >= 0.3 is 0 Å². The Morgan fingerprint density at radius 3 is 2.93 bits per heavy atom. The van der Waals surface area contributed by atoms with Crippen LogP contribution in [-0.4, -0.2) is 21.3 Å². The Hall–Kier alpha value is -0.810. The second kappa shape index (κ2) is 3.74. The van der Waals surface area contributed by atoms with Crippen molar-refractivity contribution in [3.8, 4) is 5.75 Å². The molecular formula is C9H7BrN2OS. The summed E-state index contributed by atoms with van der Waals surface area (Å²) in [6, 6.07) is 3.43. The van der Waals surface area contributed by atoms with Gasteiger partial charge in [-0.3, -0.25) is 0 Å². The van der Waals surface area contributed by atoms with E-state index in [4.69, 9.17) is 0 Å². The van der Waals surface area contributed by atoms with Gasteiger partial charge in [0.1, 0.15) is 5.75 Å². The molecule has 1 N–H and O–H groups in total. The van der Waals surface area contributed by atoms with E-state index >= 15 is 0 Å². The largest absolute Gasteiger partial charge is 0.507 e. The molecule has 0 atom stereocenters. The van der Waals surface area contributed by atoms with Gasteiger partial charge in [-0.2, -0.15) is 0 Å². The summed E-state index contributed by atoms with van der Waals surface area (Å²) in [4.78, 5) is 8.41. The lowest BCUT2D eigenvalue weighted by Gasteiger charge is -2.01. The minimum atomic E-state index is 0.197. The van der Waals surface area contributed by atoms with Crippen LogP contribution in [0.3, 0.4) is 0 Å². The average molecular weight is 271 g/mol. The average Bonchev–Trinajstić information content (AvgIpc) is 2.19. The minimum Gasteiger partial charge on any atom is -0.507 e. The highest BCUT2D eigenvalue weighted by molar-refractivity contribution is 9.10. The molecule has 0 saturated heterocycles. The van der Waals surface area contributed by atoms with Crippen molar-refractivity contribution in [3.05, 3.63) is 22.8 Å². The Kier molecular flexibility index (Phi) is 2.60. The molecule has 1 heterocycles. The number of rotatable bonds is 1. The molecule has 2 rings (SSSR count). The summed E-state index contributed by atoms with van der Waals surface area (Å²) in [5.74, 6) is 0.197. The topological polar surface area (TPSA) is 46.0 Å². The first-order valence-electron chi connectivity index (χ1n) is 3.90. The van der Waals surface area contributed by atoms with Crippen molar-refractivity contribution in [2.45, 2.75) is 5.16 Å². The van der Waals surface area contributed by atoms with Gasteiger partial charge in [-0.1, -0.05) is 11.8 Å². The first kappa shape index (κ1) is 9.73. The lowest BCUT2D eigenvalue weighted by atomic mass is 10.2. The molecule has 2 aromatic rings. The Labute approximate surface area is 93.7 Å². The summed E-state index contributed by atoms with van der Waals surface area (Å²) in [6.07, 6.45) is 3.66. The molecule has 14 heavy (non-hydrogen) atoms. The second-order valence-corrected chi connectivity index (χ2v) is 4.35.